The Hall–Kier alpha value is -0.610. The van der Waals surface area contributed by atoms with Crippen LogP contribution in [-0.4, -0.2) is 42.0 Å². The van der Waals surface area contributed by atoms with Gasteiger partial charge in [-0.1, -0.05) is 6.92 Å². The van der Waals surface area contributed by atoms with E-state index in [0.29, 0.717) is 12.3 Å². The molecule has 2 unspecified atom stereocenters. The molecule has 0 aromatic rings. The molecule has 0 radical (unpaired) electrons. The average molecular weight is 239 g/mol. The van der Waals surface area contributed by atoms with Crippen LogP contribution >= 0.6 is 0 Å². The molecule has 1 aliphatic carbocycles. The first-order valence-electron chi connectivity index (χ1n) is 6.84. The molecule has 0 spiro atoms. The van der Waals surface area contributed by atoms with Crippen molar-refractivity contribution in [3.8, 4) is 0 Å². The van der Waals surface area contributed by atoms with Crippen LogP contribution in [0.1, 0.15) is 39.5 Å². The first-order chi connectivity index (χ1) is 8.03. The van der Waals surface area contributed by atoms with E-state index in [1.807, 2.05) is 6.92 Å². The van der Waals surface area contributed by atoms with E-state index in [4.69, 9.17) is 5.73 Å². The molecule has 2 atom stereocenters. The van der Waals surface area contributed by atoms with Crippen molar-refractivity contribution in [1.82, 2.24) is 10.2 Å². The van der Waals surface area contributed by atoms with Crippen LogP contribution in [0.4, 0.5) is 0 Å². The van der Waals surface area contributed by atoms with Gasteiger partial charge in [-0.15, -0.1) is 0 Å². The Morgan fingerprint density at radius 1 is 1.47 bits per heavy atom. The highest BCUT2D eigenvalue weighted by atomic mass is 16.2. The molecule has 0 aromatic heterocycles. The van der Waals surface area contributed by atoms with Crippen molar-refractivity contribution in [2.24, 2.45) is 11.7 Å². The second-order valence-corrected chi connectivity index (χ2v) is 5.86. The average Bonchev–Trinajstić information content (AvgIpc) is 3.06. The molecule has 17 heavy (non-hydrogen) atoms. The first-order valence-corrected chi connectivity index (χ1v) is 6.84. The van der Waals surface area contributed by atoms with E-state index < -0.39 is 5.54 Å². The van der Waals surface area contributed by atoms with Crippen molar-refractivity contribution in [2.75, 3.05) is 19.6 Å². The molecule has 2 fully saturated rings. The molecule has 3 N–H and O–H groups in total. The molecule has 1 saturated heterocycles. The number of carbonyl (C=O) groups excluding carboxylic acids is 1. The fourth-order valence-electron chi connectivity index (χ4n) is 2.40. The minimum atomic E-state index is -0.714. The first kappa shape index (κ1) is 12.8. The molecule has 1 saturated carbocycles. The summed E-state index contributed by atoms with van der Waals surface area (Å²) in [6, 6.07) is 0.853. The van der Waals surface area contributed by atoms with Gasteiger partial charge in [0.1, 0.15) is 0 Å². The highest BCUT2D eigenvalue weighted by Crippen LogP contribution is 2.31. The lowest BCUT2D eigenvalue weighted by atomic mass is 9.99. The number of hydrogen-bond donors (Lipinski definition) is 2. The van der Waals surface area contributed by atoms with Crippen LogP contribution in [0.15, 0.2) is 0 Å². The Balaban J connectivity index is 1.70. The number of rotatable bonds is 5. The van der Waals surface area contributed by atoms with Gasteiger partial charge in [0.25, 0.3) is 0 Å². The Morgan fingerprint density at radius 2 is 2.18 bits per heavy atom. The molecule has 2 rings (SSSR count). The van der Waals surface area contributed by atoms with Crippen molar-refractivity contribution in [1.29, 1.82) is 0 Å². The number of nitrogens with zero attached hydrogens (tertiary/aromatic N) is 1. The van der Waals surface area contributed by atoms with Gasteiger partial charge in [0.15, 0.2) is 0 Å². The molecule has 0 aromatic carbocycles. The molecular weight excluding hydrogens is 214 g/mol. The quantitative estimate of drug-likeness (QED) is 0.743. The maximum absolute atomic E-state index is 11.8. The van der Waals surface area contributed by atoms with Gasteiger partial charge < -0.3 is 16.0 Å². The van der Waals surface area contributed by atoms with Gasteiger partial charge in [0.2, 0.25) is 5.91 Å². The zero-order valence-electron chi connectivity index (χ0n) is 11.0. The lowest BCUT2D eigenvalue weighted by Gasteiger charge is -2.23. The van der Waals surface area contributed by atoms with Gasteiger partial charge in [0, 0.05) is 19.1 Å². The number of amides is 1. The van der Waals surface area contributed by atoms with E-state index in [1.54, 1.807) is 6.92 Å². The van der Waals surface area contributed by atoms with Crippen molar-refractivity contribution < 1.29 is 4.79 Å². The summed E-state index contributed by atoms with van der Waals surface area (Å²) in [7, 11) is 0. The zero-order chi connectivity index (χ0) is 12.5. The third-order valence-electron chi connectivity index (χ3n) is 4.19. The SMILES string of the molecule is CCC(C)(N)C(=O)NCC1CCN(C2CC2)C1. The molecule has 4 heteroatoms. The number of nitrogens with two attached hydrogens (primary N) is 1. The lowest BCUT2D eigenvalue weighted by Crippen LogP contribution is -2.52. The standard InChI is InChI=1S/C13H25N3O/c1-3-13(2,14)12(17)15-8-10-6-7-16(9-10)11-4-5-11/h10-11H,3-9,14H2,1-2H3,(H,15,17). The Bertz CT molecular complexity index is 286. The largest absolute Gasteiger partial charge is 0.354 e. The van der Waals surface area contributed by atoms with Crippen molar-refractivity contribution in [3.63, 3.8) is 0 Å². The maximum atomic E-state index is 11.8. The molecule has 1 aliphatic heterocycles. The Kier molecular flexibility index (Phi) is 3.73. The minimum Gasteiger partial charge on any atom is -0.354 e. The van der Waals surface area contributed by atoms with Crippen LogP contribution in [0.25, 0.3) is 0 Å². The topological polar surface area (TPSA) is 58.4 Å². The summed E-state index contributed by atoms with van der Waals surface area (Å²) in [5.41, 5.74) is 5.19. The number of nitrogens with one attached hydrogen (secondary N) is 1. The predicted octanol–water partition coefficient (Wildman–Crippen LogP) is 0.714. The second kappa shape index (κ2) is 4.94. The molecule has 0 bridgehead atoms. The summed E-state index contributed by atoms with van der Waals surface area (Å²) in [6.07, 6.45) is 4.63. The van der Waals surface area contributed by atoms with E-state index in [1.165, 1.54) is 25.8 Å². The van der Waals surface area contributed by atoms with Crippen molar-refractivity contribution >= 4 is 5.91 Å². The summed E-state index contributed by atoms with van der Waals surface area (Å²) >= 11 is 0. The third-order valence-corrected chi connectivity index (χ3v) is 4.19. The monoisotopic (exact) mass is 239 g/mol. The second-order valence-electron chi connectivity index (χ2n) is 5.86. The lowest BCUT2D eigenvalue weighted by molar-refractivity contribution is -0.126. The Morgan fingerprint density at radius 3 is 2.76 bits per heavy atom. The van der Waals surface area contributed by atoms with E-state index in [0.717, 1.165) is 19.1 Å². The fraction of sp³-hybridized carbons (Fsp3) is 0.923. The van der Waals surface area contributed by atoms with E-state index in [2.05, 4.69) is 10.2 Å². The molecule has 1 amide bonds. The Labute approximate surface area is 104 Å². The van der Waals surface area contributed by atoms with E-state index in [9.17, 15) is 4.79 Å². The van der Waals surface area contributed by atoms with Crippen LogP contribution in [0.3, 0.4) is 0 Å². The van der Waals surface area contributed by atoms with Crippen LogP contribution in [0.2, 0.25) is 0 Å². The summed E-state index contributed by atoms with van der Waals surface area (Å²) < 4.78 is 0. The van der Waals surface area contributed by atoms with Gasteiger partial charge in [-0.25, -0.2) is 0 Å². The third kappa shape index (κ3) is 3.19. The summed E-state index contributed by atoms with van der Waals surface area (Å²) in [5, 5.41) is 3.01. The van der Waals surface area contributed by atoms with E-state index >= 15 is 0 Å². The van der Waals surface area contributed by atoms with Crippen LogP contribution < -0.4 is 11.1 Å². The predicted molar refractivity (Wildman–Crippen MR) is 68.6 cm³/mol. The summed E-state index contributed by atoms with van der Waals surface area (Å²) in [6.45, 7) is 6.89. The highest BCUT2D eigenvalue weighted by molar-refractivity contribution is 5.85. The smallest absolute Gasteiger partial charge is 0.239 e. The molecule has 2 aliphatic rings. The van der Waals surface area contributed by atoms with Crippen molar-refractivity contribution in [2.45, 2.75) is 51.1 Å². The summed E-state index contributed by atoms with van der Waals surface area (Å²) in [5.74, 6) is 0.608. The van der Waals surface area contributed by atoms with Gasteiger partial charge in [-0.2, -0.15) is 0 Å². The maximum Gasteiger partial charge on any atom is 0.239 e. The van der Waals surface area contributed by atoms with Crippen LogP contribution in [0.5, 0.6) is 0 Å². The number of likely N-dealkylation sites (tertiary alicyclic amines) is 1. The normalized spacial score (nSPS) is 29.0. The number of carbonyl (C=O) groups is 1. The van der Waals surface area contributed by atoms with Crippen molar-refractivity contribution in [3.05, 3.63) is 0 Å². The van der Waals surface area contributed by atoms with Crippen LogP contribution in [-0.2, 0) is 4.79 Å². The molecule has 4 nitrogen and oxygen atoms in total. The molecule has 1 heterocycles. The number of hydrogen-bond acceptors (Lipinski definition) is 3. The van der Waals surface area contributed by atoms with E-state index in [-0.39, 0.29) is 5.91 Å². The fourth-order valence-corrected chi connectivity index (χ4v) is 2.40. The van der Waals surface area contributed by atoms with Gasteiger partial charge >= 0.3 is 0 Å². The summed E-state index contributed by atoms with van der Waals surface area (Å²) in [4.78, 5) is 14.4. The molecule has 98 valence electrons. The van der Waals surface area contributed by atoms with Gasteiger partial charge in [-0.3, -0.25) is 4.79 Å². The molecular formula is C13H25N3O. The van der Waals surface area contributed by atoms with Gasteiger partial charge in [-0.05, 0) is 45.1 Å². The van der Waals surface area contributed by atoms with Gasteiger partial charge in [0.05, 0.1) is 5.54 Å². The highest BCUT2D eigenvalue weighted by Gasteiger charge is 2.34. The minimum absolute atomic E-state index is 0.00938. The van der Waals surface area contributed by atoms with Crippen LogP contribution in [0, 0.1) is 5.92 Å². The zero-order valence-corrected chi connectivity index (χ0v) is 11.0.